The van der Waals surface area contributed by atoms with Crippen LogP contribution in [0.2, 0.25) is 0 Å². The Morgan fingerprint density at radius 2 is 2.40 bits per heavy atom. The van der Waals surface area contributed by atoms with Gasteiger partial charge in [-0.25, -0.2) is 4.79 Å². The molecule has 0 spiro atoms. The lowest BCUT2D eigenvalue weighted by Gasteiger charge is -2.05. The molecule has 0 bridgehead atoms. The van der Waals surface area contributed by atoms with Crippen LogP contribution in [-0.2, 0) is 0 Å². The quantitative estimate of drug-likeness (QED) is 0.752. The molecule has 0 aliphatic rings. The van der Waals surface area contributed by atoms with Crippen LogP contribution in [0, 0.1) is 0 Å². The molecule has 1 aromatic heterocycles. The van der Waals surface area contributed by atoms with Gasteiger partial charge in [-0.3, -0.25) is 4.98 Å². The van der Waals surface area contributed by atoms with Gasteiger partial charge < -0.3 is 9.84 Å². The van der Waals surface area contributed by atoms with Gasteiger partial charge in [0.25, 0.3) is 0 Å². The fourth-order valence-corrected chi connectivity index (χ4v) is 1.41. The second-order valence-electron chi connectivity index (χ2n) is 2.91. The molecule has 0 unspecified atom stereocenters. The van der Waals surface area contributed by atoms with E-state index in [2.05, 4.69) is 4.98 Å². The molecular formula is C10H13NO3S. The number of pyridine rings is 1. The molecule has 0 aliphatic heterocycles. The van der Waals surface area contributed by atoms with Crippen LogP contribution < -0.4 is 4.74 Å². The molecule has 5 heteroatoms. The zero-order valence-electron chi connectivity index (χ0n) is 8.47. The highest BCUT2D eigenvalue weighted by molar-refractivity contribution is 7.98. The molecule has 0 atom stereocenters. The smallest absolute Gasteiger partial charge is 0.337 e. The Hall–Kier alpha value is -1.23. The van der Waals surface area contributed by atoms with Crippen molar-refractivity contribution in [2.45, 2.75) is 6.42 Å². The highest BCUT2D eigenvalue weighted by Gasteiger charge is 2.04. The summed E-state index contributed by atoms with van der Waals surface area (Å²) < 4.78 is 5.36. The fourth-order valence-electron chi connectivity index (χ4n) is 1.01. The molecule has 1 aromatic rings. The third-order valence-electron chi connectivity index (χ3n) is 1.72. The topological polar surface area (TPSA) is 59.4 Å². The molecule has 0 aromatic carbocycles. The lowest BCUT2D eigenvalue weighted by Crippen LogP contribution is -2.02. The number of nitrogens with zero attached hydrogens (tertiary/aromatic N) is 1. The number of hydrogen-bond donors (Lipinski definition) is 1. The summed E-state index contributed by atoms with van der Waals surface area (Å²) in [5.74, 6) is 0.555. The van der Waals surface area contributed by atoms with Gasteiger partial charge in [-0.05, 0) is 24.5 Å². The van der Waals surface area contributed by atoms with E-state index in [1.165, 1.54) is 18.5 Å². The van der Waals surface area contributed by atoms with E-state index in [4.69, 9.17) is 9.84 Å². The third-order valence-corrected chi connectivity index (χ3v) is 2.42. The van der Waals surface area contributed by atoms with Crippen molar-refractivity contribution in [1.82, 2.24) is 4.98 Å². The predicted octanol–water partition coefficient (Wildman–Crippen LogP) is 1.91. The van der Waals surface area contributed by atoms with Crippen molar-refractivity contribution in [1.29, 1.82) is 0 Å². The lowest BCUT2D eigenvalue weighted by molar-refractivity contribution is 0.0696. The first-order valence-electron chi connectivity index (χ1n) is 4.54. The normalized spacial score (nSPS) is 9.93. The summed E-state index contributed by atoms with van der Waals surface area (Å²) in [7, 11) is 0. The molecule has 0 saturated carbocycles. The van der Waals surface area contributed by atoms with Gasteiger partial charge in [-0.1, -0.05) is 0 Å². The summed E-state index contributed by atoms with van der Waals surface area (Å²) in [5.41, 5.74) is 0.150. The standard InChI is InChI=1S/C10H13NO3S/c1-15-4-2-3-14-9-5-8(10(12)13)6-11-7-9/h5-7H,2-4H2,1H3,(H,12,13). The molecule has 82 valence electrons. The first-order valence-corrected chi connectivity index (χ1v) is 5.93. The van der Waals surface area contributed by atoms with Crippen LogP contribution in [0.1, 0.15) is 16.8 Å². The second-order valence-corrected chi connectivity index (χ2v) is 3.89. The summed E-state index contributed by atoms with van der Waals surface area (Å²) in [5, 5.41) is 8.72. The van der Waals surface area contributed by atoms with Crippen molar-refractivity contribution < 1.29 is 14.6 Å². The summed E-state index contributed by atoms with van der Waals surface area (Å²) in [6, 6.07) is 1.48. The average molecular weight is 227 g/mol. The van der Waals surface area contributed by atoms with Crippen LogP contribution in [0.3, 0.4) is 0 Å². The van der Waals surface area contributed by atoms with Gasteiger partial charge in [0.05, 0.1) is 18.4 Å². The molecular weight excluding hydrogens is 214 g/mol. The maximum absolute atomic E-state index is 10.6. The largest absolute Gasteiger partial charge is 0.492 e. The number of carboxylic acids is 1. The Morgan fingerprint density at radius 1 is 1.60 bits per heavy atom. The molecule has 1 N–H and O–H groups in total. The minimum Gasteiger partial charge on any atom is -0.492 e. The predicted molar refractivity (Wildman–Crippen MR) is 59.7 cm³/mol. The average Bonchev–Trinajstić information content (AvgIpc) is 2.25. The van der Waals surface area contributed by atoms with Crippen LogP contribution in [0.25, 0.3) is 0 Å². The molecule has 0 fully saturated rings. The first-order chi connectivity index (χ1) is 7.24. The maximum Gasteiger partial charge on any atom is 0.337 e. The van der Waals surface area contributed by atoms with Crippen molar-refractivity contribution in [2.24, 2.45) is 0 Å². The van der Waals surface area contributed by atoms with Gasteiger partial charge in [0.2, 0.25) is 0 Å². The lowest BCUT2D eigenvalue weighted by atomic mass is 10.3. The Morgan fingerprint density at radius 3 is 3.07 bits per heavy atom. The monoisotopic (exact) mass is 227 g/mol. The van der Waals surface area contributed by atoms with Gasteiger partial charge in [0, 0.05) is 6.20 Å². The van der Waals surface area contributed by atoms with Gasteiger partial charge >= 0.3 is 5.97 Å². The molecule has 0 aliphatic carbocycles. The summed E-state index contributed by atoms with van der Waals surface area (Å²) in [6.45, 7) is 0.589. The minimum absolute atomic E-state index is 0.150. The molecule has 0 saturated heterocycles. The Kier molecular flexibility index (Phi) is 4.97. The number of aromatic nitrogens is 1. The SMILES string of the molecule is CSCCCOc1cncc(C(=O)O)c1. The van der Waals surface area contributed by atoms with E-state index < -0.39 is 5.97 Å². The zero-order chi connectivity index (χ0) is 11.1. The van der Waals surface area contributed by atoms with Crippen LogP contribution >= 0.6 is 11.8 Å². The number of carboxylic acid groups (broad SMARTS) is 1. The van der Waals surface area contributed by atoms with Crippen molar-refractivity contribution in [3.8, 4) is 5.75 Å². The van der Waals surface area contributed by atoms with Crippen molar-refractivity contribution in [3.63, 3.8) is 0 Å². The second kappa shape index (κ2) is 6.29. The van der Waals surface area contributed by atoms with Gasteiger partial charge in [-0.2, -0.15) is 11.8 Å². The minimum atomic E-state index is -0.989. The molecule has 4 nitrogen and oxygen atoms in total. The van der Waals surface area contributed by atoms with Crippen molar-refractivity contribution >= 4 is 17.7 Å². The number of rotatable bonds is 6. The number of aromatic carboxylic acids is 1. The molecule has 1 rings (SSSR count). The highest BCUT2D eigenvalue weighted by atomic mass is 32.2. The first kappa shape index (κ1) is 11.8. The fraction of sp³-hybridized carbons (Fsp3) is 0.400. The highest BCUT2D eigenvalue weighted by Crippen LogP contribution is 2.11. The van der Waals surface area contributed by atoms with Gasteiger partial charge in [-0.15, -0.1) is 0 Å². The van der Waals surface area contributed by atoms with Crippen molar-refractivity contribution in [3.05, 3.63) is 24.0 Å². The maximum atomic E-state index is 10.6. The van der Waals surface area contributed by atoms with E-state index in [1.54, 1.807) is 11.8 Å². The van der Waals surface area contributed by atoms with E-state index in [9.17, 15) is 4.79 Å². The molecule has 15 heavy (non-hydrogen) atoms. The van der Waals surface area contributed by atoms with E-state index in [1.807, 2.05) is 6.26 Å². The number of thioether (sulfide) groups is 1. The number of carbonyl (C=O) groups is 1. The van der Waals surface area contributed by atoms with Crippen LogP contribution in [0.15, 0.2) is 18.5 Å². The number of hydrogen-bond acceptors (Lipinski definition) is 4. The summed E-state index contributed by atoms with van der Waals surface area (Å²) >= 11 is 1.76. The summed E-state index contributed by atoms with van der Waals surface area (Å²) in [4.78, 5) is 14.4. The van der Waals surface area contributed by atoms with Crippen LogP contribution in [0.4, 0.5) is 0 Å². The van der Waals surface area contributed by atoms with E-state index >= 15 is 0 Å². The molecule has 0 radical (unpaired) electrons. The Bertz CT molecular complexity index is 330. The van der Waals surface area contributed by atoms with E-state index in [0.29, 0.717) is 12.4 Å². The summed E-state index contributed by atoms with van der Waals surface area (Å²) in [6.07, 6.45) is 5.80. The van der Waals surface area contributed by atoms with Crippen molar-refractivity contribution in [2.75, 3.05) is 18.6 Å². The van der Waals surface area contributed by atoms with Crippen LogP contribution in [-0.4, -0.2) is 34.7 Å². The number of ether oxygens (including phenoxy) is 1. The van der Waals surface area contributed by atoms with Gasteiger partial charge in [0.1, 0.15) is 5.75 Å². The zero-order valence-corrected chi connectivity index (χ0v) is 9.29. The van der Waals surface area contributed by atoms with Crippen LogP contribution in [0.5, 0.6) is 5.75 Å². The molecule has 1 heterocycles. The van der Waals surface area contributed by atoms with E-state index in [0.717, 1.165) is 12.2 Å². The molecule has 0 amide bonds. The Labute approximate surface area is 92.7 Å². The Balaban J connectivity index is 2.47. The van der Waals surface area contributed by atoms with E-state index in [-0.39, 0.29) is 5.56 Å². The third kappa shape index (κ3) is 4.20. The van der Waals surface area contributed by atoms with Gasteiger partial charge in [0.15, 0.2) is 0 Å².